The smallest absolute Gasteiger partial charge is 0.410 e. The third-order valence-electron chi connectivity index (χ3n) is 4.77. The Hall–Kier alpha value is -2.04. The standard InChI is InChI=1S/C17H21NO4/c19-16(20)15-10-14(15)13-6-8-18(9-7-13)17(21)22-11-12-4-2-1-3-5-12/h1-5,13-15H,6-11H2,(H,19,20)/t14-,15+/m0/s1. The van der Waals surface area contributed by atoms with Crippen molar-refractivity contribution in [2.24, 2.45) is 17.8 Å². The second-order valence-corrected chi connectivity index (χ2v) is 6.21. The number of amides is 1. The van der Waals surface area contributed by atoms with Crippen LogP contribution in [0.1, 0.15) is 24.8 Å². The number of benzene rings is 1. The Labute approximate surface area is 129 Å². The number of aliphatic carboxylic acids is 1. The van der Waals surface area contributed by atoms with Crippen LogP contribution in [0.3, 0.4) is 0 Å². The summed E-state index contributed by atoms with van der Waals surface area (Å²) in [6, 6.07) is 9.63. The highest BCUT2D eigenvalue weighted by molar-refractivity contribution is 5.73. The molecule has 1 heterocycles. The lowest BCUT2D eigenvalue weighted by Crippen LogP contribution is -2.39. The van der Waals surface area contributed by atoms with Crippen molar-refractivity contribution in [3.63, 3.8) is 0 Å². The molecule has 1 amide bonds. The summed E-state index contributed by atoms with van der Waals surface area (Å²) in [5.41, 5.74) is 0.980. The Morgan fingerprint density at radius 1 is 1.18 bits per heavy atom. The van der Waals surface area contributed by atoms with Gasteiger partial charge in [-0.15, -0.1) is 0 Å². The molecule has 2 aliphatic rings. The van der Waals surface area contributed by atoms with Crippen LogP contribution in [0.15, 0.2) is 30.3 Å². The zero-order valence-electron chi connectivity index (χ0n) is 12.5. The van der Waals surface area contributed by atoms with Gasteiger partial charge in [0.25, 0.3) is 0 Å². The second-order valence-electron chi connectivity index (χ2n) is 6.21. The van der Waals surface area contributed by atoms with E-state index in [4.69, 9.17) is 9.84 Å². The van der Waals surface area contributed by atoms with Gasteiger partial charge in [-0.05, 0) is 36.7 Å². The van der Waals surface area contributed by atoms with Gasteiger partial charge < -0.3 is 14.7 Å². The summed E-state index contributed by atoms with van der Waals surface area (Å²) in [5, 5.41) is 8.99. The fourth-order valence-electron chi connectivity index (χ4n) is 3.34. The van der Waals surface area contributed by atoms with Crippen molar-refractivity contribution >= 4 is 12.1 Å². The van der Waals surface area contributed by atoms with E-state index in [-0.39, 0.29) is 12.0 Å². The van der Waals surface area contributed by atoms with Crippen molar-refractivity contribution in [3.8, 4) is 0 Å². The van der Waals surface area contributed by atoms with Crippen LogP contribution in [0, 0.1) is 17.8 Å². The van der Waals surface area contributed by atoms with Crippen molar-refractivity contribution in [2.75, 3.05) is 13.1 Å². The Balaban J connectivity index is 1.41. The number of carbonyl (C=O) groups is 2. The van der Waals surface area contributed by atoms with E-state index >= 15 is 0 Å². The maximum Gasteiger partial charge on any atom is 0.410 e. The molecular weight excluding hydrogens is 282 g/mol. The van der Waals surface area contributed by atoms with E-state index in [0.29, 0.717) is 31.5 Å². The molecule has 118 valence electrons. The van der Waals surface area contributed by atoms with Gasteiger partial charge >= 0.3 is 12.1 Å². The number of ether oxygens (including phenoxy) is 1. The zero-order chi connectivity index (χ0) is 15.5. The first-order valence-corrected chi connectivity index (χ1v) is 7.83. The summed E-state index contributed by atoms with van der Waals surface area (Å²) in [6.07, 6.45) is 2.30. The van der Waals surface area contributed by atoms with Crippen LogP contribution in [-0.4, -0.2) is 35.2 Å². The van der Waals surface area contributed by atoms with Gasteiger partial charge in [-0.25, -0.2) is 4.79 Å². The molecule has 0 bridgehead atoms. The summed E-state index contributed by atoms with van der Waals surface area (Å²) in [6.45, 7) is 1.63. The van der Waals surface area contributed by atoms with E-state index in [2.05, 4.69) is 0 Å². The molecule has 3 rings (SSSR count). The van der Waals surface area contributed by atoms with Crippen LogP contribution < -0.4 is 0 Å². The van der Waals surface area contributed by atoms with Gasteiger partial charge in [0.05, 0.1) is 5.92 Å². The SMILES string of the molecule is O=C(O)[C@@H]1C[C@H]1C1CCN(C(=O)OCc2ccccc2)CC1. The second kappa shape index (κ2) is 6.38. The quantitative estimate of drug-likeness (QED) is 0.928. The lowest BCUT2D eigenvalue weighted by Gasteiger charge is -2.31. The molecule has 2 atom stereocenters. The number of likely N-dealkylation sites (tertiary alicyclic amines) is 1. The minimum atomic E-state index is -0.672. The topological polar surface area (TPSA) is 66.8 Å². The van der Waals surface area contributed by atoms with E-state index in [1.165, 1.54) is 0 Å². The molecule has 1 aromatic rings. The van der Waals surface area contributed by atoms with Crippen molar-refractivity contribution in [1.29, 1.82) is 0 Å². The highest BCUT2D eigenvalue weighted by Gasteiger charge is 2.48. The normalized spacial score (nSPS) is 24.8. The first kappa shape index (κ1) is 14.9. The highest BCUT2D eigenvalue weighted by atomic mass is 16.6. The van der Waals surface area contributed by atoms with Crippen LogP contribution in [0.25, 0.3) is 0 Å². The molecule has 2 fully saturated rings. The monoisotopic (exact) mass is 303 g/mol. The van der Waals surface area contributed by atoms with E-state index in [0.717, 1.165) is 24.8 Å². The molecule has 0 aromatic heterocycles. The summed E-state index contributed by atoms with van der Waals surface area (Å²) in [4.78, 5) is 24.7. The number of piperidine rings is 1. The molecule has 22 heavy (non-hydrogen) atoms. The Morgan fingerprint density at radius 2 is 1.86 bits per heavy atom. The summed E-state index contributed by atoms with van der Waals surface area (Å²) in [7, 11) is 0. The number of carboxylic acids is 1. The van der Waals surface area contributed by atoms with Gasteiger partial charge in [0.1, 0.15) is 6.61 Å². The van der Waals surface area contributed by atoms with Crippen LogP contribution in [0.4, 0.5) is 4.79 Å². The average molecular weight is 303 g/mol. The Morgan fingerprint density at radius 3 is 2.45 bits per heavy atom. The minimum absolute atomic E-state index is 0.151. The van der Waals surface area contributed by atoms with Crippen LogP contribution in [0.2, 0.25) is 0 Å². The van der Waals surface area contributed by atoms with Gasteiger partial charge in [-0.1, -0.05) is 30.3 Å². The largest absolute Gasteiger partial charge is 0.481 e. The number of hydrogen-bond donors (Lipinski definition) is 1. The molecule has 1 aliphatic carbocycles. The summed E-state index contributed by atoms with van der Waals surface area (Å²) >= 11 is 0. The predicted octanol–water partition coefficient (Wildman–Crippen LogP) is 2.76. The number of hydrogen-bond acceptors (Lipinski definition) is 3. The third-order valence-corrected chi connectivity index (χ3v) is 4.77. The van der Waals surface area contributed by atoms with Gasteiger partial charge in [0.15, 0.2) is 0 Å². The summed E-state index contributed by atoms with van der Waals surface area (Å²) < 4.78 is 5.33. The molecule has 1 aliphatic heterocycles. The van der Waals surface area contributed by atoms with Crippen LogP contribution in [0.5, 0.6) is 0 Å². The molecule has 1 aromatic carbocycles. The molecule has 5 heteroatoms. The Kier molecular flexibility index (Phi) is 4.32. The molecule has 0 radical (unpaired) electrons. The fraction of sp³-hybridized carbons (Fsp3) is 0.529. The third kappa shape index (κ3) is 3.40. The highest BCUT2D eigenvalue weighted by Crippen LogP contribution is 2.48. The lowest BCUT2D eigenvalue weighted by atomic mass is 9.91. The van der Waals surface area contributed by atoms with E-state index in [1.54, 1.807) is 4.90 Å². The molecule has 1 N–H and O–H groups in total. The molecular formula is C17H21NO4. The maximum absolute atomic E-state index is 12.0. The zero-order valence-corrected chi connectivity index (χ0v) is 12.5. The Bertz CT molecular complexity index is 537. The van der Waals surface area contributed by atoms with Gasteiger partial charge in [-0.3, -0.25) is 4.79 Å². The van der Waals surface area contributed by atoms with Crippen molar-refractivity contribution in [3.05, 3.63) is 35.9 Å². The van der Waals surface area contributed by atoms with Crippen molar-refractivity contribution in [2.45, 2.75) is 25.9 Å². The molecule has 0 spiro atoms. The number of rotatable bonds is 4. The fourth-order valence-corrected chi connectivity index (χ4v) is 3.34. The van der Waals surface area contributed by atoms with Gasteiger partial charge in [0.2, 0.25) is 0 Å². The van der Waals surface area contributed by atoms with Crippen LogP contribution in [-0.2, 0) is 16.1 Å². The first-order chi connectivity index (χ1) is 10.6. The van der Waals surface area contributed by atoms with Gasteiger partial charge in [0, 0.05) is 13.1 Å². The lowest BCUT2D eigenvalue weighted by molar-refractivity contribution is -0.139. The van der Waals surface area contributed by atoms with Crippen molar-refractivity contribution < 1.29 is 19.4 Å². The van der Waals surface area contributed by atoms with E-state index < -0.39 is 5.97 Å². The van der Waals surface area contributed by atoms with E-state index in [1.807, 2.05) is 30.3 Å². The van der Waals surface area contributed by atoms with Gasteiger partial charge in [-0.2, -0.15) is 0 Å². The molecule has 1 saturated heterocycles. The maximum atomic E-state index is 12.0. The van der Waals surface area contributed by atoms with Crippen molar-refractivity contribution in [1.82, 2.24) is 4.90 Å². The summed E-state index contributed by atoms with van der Waals surface area (Å²) in [5.74, 6) is -0.0597. The minimum Gasteiger partial charge on any atom is -0.481 e. The van der Waals surface area contributed by atoms with Crippen LogP contribution >= 0.6 is 0 Å². The number of carboxylic acid groups (broad SMARTS) is 1. The van der Waals surface area contributed by atoms with E-state index in [9.17, 15) is 9.59 Å². The molecule has 1 saturated carbocycles. The number of nitrogens with zero attached hydrogens (tertiary/aromatic N) is 1. The predicted molar refractivity (Wildman–Crippen MR) is 80.2 cm³/mol. The first-order valence-electron chi connectivity index (χ1n) is 7.83. The molecule has 0 unspecified atom stereocenters. The molecule has 5 nitrogen and oxygen atoms in total. The number of carbonyl (C=O) groups excluding carboxylic acids is 1. The average Bonchev–Trinajstić information content (AvgIpc) is 3.35.